The maximum absolute atomic E-state index is 12.9. The van der Waals surface area contributed by atoms with Crippen LogP contribution in [0, 0.1) is 6.92 Å². The van der Waals surface area contributed by atoms with Crippen molar-refractivity contribution in [3.05, 3.63) is 91.8 Å². The van der Waals surface area contributed by atoms with Crippen molar-refractivity contribution in [3.63, 3.8) is 0 Å². The number of thioether (sulfide) groups is 1. The summed E-state index contributed by atoms with van der Waals surface area (Å²) in [6.45, 7) is 2.11. The van der Waals surface area contributed by atoms with Gasteiger partial charge in [0.2, 0.25) is 0 Å². The maximum atomic E-state index is 12.9. The molecule has 1 heterocycles. The number of rotatable bonds is 7. The normalized spacial score (nSPS) is 15.0. The van der Waals surface area contributed by atoms with E-state index in [2.05, 4.69) is 15.9 Å². The van der Waals surface area contributed by atoms with Crippen molar-refractivity contribution in [3.8, 4) is 11.5 Å². The summed E-state index contributed by atoms with van der Waals surface area (Å²) in [4.78, 5) is 26.8. The predicted octanol–water partition coefficient (Wildman–Crippen LogP) is 6.42. The molecule has 1 fully saturated rings. The molecule has 3 aromatic carbocycles. The maximum Gasteiger partial charge on any atom is 0.339 e. The third kappa shape index (κ3) is 5.78. The van der Waals surface area contributed by atoms with Crippen LogP contribution in [0.1, 0.15) is 16.7 Å². The third-order valence-corrected chi connectivity index (χ3v) is 8.13. The third-order valence-electron chi connectivity index (χ3n) is 5.14. The first-order valence-electron chi connectivity index (χ1n) is 10.5. The van der Waals surface area contributed by atoms with Crippen LogP contribution < -0.4 is 8.92 Å². The number of imide groups is 1. The summed E-state index contributed by atoms with van der Waals surface area (Å²) >= 11 is 10.0. The quantitative estimate of drug-likeness (QED) is 0.226. The Morgan fingerprint density at radius 3 is 2.47 bits per heavy atom. The summed E-state index contributed by atoms with van der Waals surface area (Å²) in [5.41, 5.74) is 2.40. The first-order chi connectivity index (χ1) is 17.1. The molecule has 0 bridgehead atoms. The van der Waals surface area contributed by atoms with Crippen molar-refractivity contribution >= 4 is 66.6 Å². The van der Waals surface area contributed by atoms with E-state index in [0.29, 0.717) is 10.6 Å². The van der Waals surface area contributed by atoms with Crippen LogP contribution in [0.4, 0.5) is 4.79 Å². The number of benzene rings is 3. The van der Waals surface area contributed by atoms with E-state index in [1.54, 1.807) is 12.1 Å². The number of hydrogen-bond acceptors (Lipinski definition) is 7. The van der Waals surface area contributed by atoms with Gasteiger partial charge in [0.05, 0.1) is 23.0 Å². The summed E-state index contributed by atoms with van der Waals surface area (Å²) in [5, 5.41) is 0.0214. The zero-order chi connectivity index (χ0) is 26.0. The molecule has 1 aliphatic rings. The minimum Gasteiger partial charge on any atom is -0.493 e. The molecule has 0 atom stereocenters. The van der Waals surface area contributed by atoms with E-state index in [1.807, 2.05) is 31.2 Å². The molecule has 0 N–H and O–H groups in total. The fourth-order valence-electron chi connectivity index (χ4n) is 3.44. The molecule has 4 rings (SSSR count). The summed E-state index contributed by atoms with van der Waals surface area (Å²) in [6, 6.07) is 16.2. The summed E-state index contributed by atoms with van der Waals surface area (Å²) < 4.78 is 36.5. The molecule has 0 saturated carbocycles. The van der Waals surface area contributed by atoms with Gasteiger partial charge in [-0.3, -0.25) is 14.5 Å². The Bertz CT molecular complexity index is 1490. The molecule has 2 amide bonds. The van der Waals surface area contributed by atoms with E-state index in [1.165, 1.54) is 42.3 Å². The SMILES string of the molecule is COc1cc(/C=C2\SC(=O)N(Cc3cccc(C)c3)C2=O)cc(Br)c1OS(=O)(=O)c1ccc(Cl)cc1. The monoisotopic (exact) mass is 607 g/mol. The number of halogens is 2. The van der Waals surface area contributed by atoms with Crippen LogP contribution in [-0.4, -0.2) is 31.6 Å². The standard InChI is InChI=1S/C25H19BrClNO6S2/c1-15-4-3-5-16(10-15)14-28-24(29)22(35-25(28)30)13-17-11-20(26)23(21(12-17)33-2)34-36(31,32)19-8-6-18(27)7-9-19/h3-13H,14H2,1-2H3/b22-13-. The van der Waals surface area contributed by atoms with Crippen LogP contribution in [0.15, 0.2) is 74.9 Å². The first-order valence-corrected chi connectivity index (χ1v) is 13.9. The van der Waals surface area contributed by atoms with Gasteiger partial charge in [-0.25, -0.2) is 0 Å². The van der Waals surface area contributed by atoms with Crippen LogP contribution in [0.3, 0.4) is 0 Å². The highest BCUT2D eigenvalue weighted by Crippen LogP contribution is 2.40. The van der Waals surface area contributed by atoms with Gasteiger partial charge in [-0.1, -0.05) is 41.4 Å². The molecule has 36 heavy (non-hydrogen) atoms. The van der Waals surface area contributed by atoms with E-state index < -0.39 is 16.0 Å². The first kappa shape index (κ1) is 26.3. The highest BCUT2D eigenvalue weighted by atomic mass is 79.9. The van der Waals surface area contributed by atoms with Gasteiger partial charge in [-0.15, -0.1) is 0 Å². The molecule has 3 aromatic rings. The van der Waals surface area contributed by atoms with Gasteiger partial charge in [0.1, 0.15) is 4.90 Å². The van der Waals surface area contributed by atoms with Gasteiger partial charge in [0.15, 0.2) is 11.5 Å². The molecular formula is C25H19BrClNO6S2. The Hall–Kier alpha value is -2.79. The Balaban J connectivity index is 1.60. The highest BCUT2D eigenvalue weighted by Gasteiger charge is 2.35. The lowest BCUT2D eigenvalue weighted by Gasteiger charge is -2.14. The Morgan fingerprint density at radius 1 is 1.08 bits per heavy atom. The Labute approximate surface area is 226 Å². The number of carbonyl (C=O) groups is 2. The average molecular weight is 609 g/mol. The average Bonchev–Trinajstić information content (AvgIpc) is 3.08. The lowest BCUT2D eigenvalue weighted by molar-refractivity contribution is -0.123. The van der Waals surface area contributed by atoms with E-state index in [4.69, 9.17) is 20.5 Å². The lowest BCUT2D eigenvalue weighted by Crippen LogP contribution is -2.27. The number of amides is 2. The molecule has 11 heteroatoms. The van der Waals surface area contributed by atoms with Crippen molar-refractivity contribution < 1.29 is 26.9 Å². The van der Waals surface area contributed by atoms with Crippen LogP contribution in [0.25, 0.3) is 6.08 Å². The van der Waals surface area contributed by atoms with Gasteiger partial charge < -0.3 is 8.92 Å². The molecular weight excluding hydrogens is 590 g/mol. The van der Waals surface area contributed by atoms with E-state index in [-0.39, 0.29) is 37.6 Å². The Morgan fingerprint density at radius 2 is 1.81 bits per heavy atom. The predicted molar refractivity (Wildman–Crippen MR) is 143 cm³/mol. The van der Waals surface area contributed by atoms with Gasteiger partial charge in [0, 0.05) is 5.02 Å². The molecule has 186 valence electrons. The second-order valence-electron chi connectivity index (χ2n) is 7.78. The summed E-state index contributed by atoms with van der Waals surface area (Å²) in [6.07, 6.45) is 1.55. The number of methoxy groups -OCH3 is 1. The van der Waals surface area contributed by atoms with Gasteiger partial charge in [0.25, 0.3) is 11.1 Å². The molecule has 7 nitrogen and oxygen atoms in total. The van der Waals surface area contributed by atoms with Gasteiger partial charge >= 0.3 is 10.1 Å². The zero-order valence-corrected chi connectivity index (χ0v) is 23.0. The van der Waals surface area contributed by atoms with Crippen LogP contribution >= 0.6 is 39.3 Å². The largest absolute Gasteiger partial charge is 0.493 e. The van der Waals surface area contributed by atoms with Crippen LogP contribution in [0.2, 0.25) is 5.02 Å². The number of hydrogen-bond donors (Lipinski definition) is 0. The highest BCUT2D eigenvalue weighted by molar-refractivity contribution is 9.10. The number of nitrogens with zero attached hydrogens (tertiary/aromatic N) is 1. The van der Waals surface area contributed by atoms with E-state index in [0.717, 1.165) is 22.9 Å². The molecule has 1 aliphatic heterocycles. The second-order valence-corrected chi connectivity index (χ2v) is 11.6. The fourth-order valence-corrected chi connectivity index (χ4v) is 6.01. The lowest BCUT2D eigenvalue weighted by atomic mass is 10.1. The molecule has 0 aromatic heterocycles. The zero-order valence-electron chi connectivity index (χ0n) is 19.0. The summed E-state index contributed by atoms with van der Waals surface area (Å²) in [7, 11) is -2.81. The van der Waals surface area contributed by atoms with Crippen molar-refractivity contribution in [1.82, 2.24) is 4.90 Å². The minimum atomic E-state index is -4.17. The molecule has 0 aliphatic carbocycles. The van der Waals surface area contributed by atoms with Crippen molar-refractivity contribution in [1.29, 1.82) is 0 Å². The summed E-state index contributed by atoms with van der Waals surface area (Å²) in [5.74, 6) is -0.350. The van der Waals surface area contributed by atoms with E-state index in [9.17, 15) is 18.0 Å². The molecule has 0 unspecified atom stereocenters. The van der Waals surface area contributed by atoms with Crippen molar-refractivity contribution in [2.45, 2.75) is 18.4 Å². The molecule has 0 spiro atoms. The molecule has 0 radical (unpaired) electrons. The second kappa shape index (κ2) is 10.7. The Kier molecular flexibility index (Phi) is 7.79. The van der Waals surface area contributed by atoms with E-state index >= 15 is 0 Å². The van der Waals surface area contributed by atoms with Gasteiger partial charge in [-0.2, -0.15) is 8.42 Å². The van der Waals surface area contributed by atoms with Crippen LogP contribution in [-0.2, 0) is 21.5 Å². The number of aryl methyl sites for hydroxylation is 1. The fraction of sp³-hybridized carbons (Fsp3) is 0.120. The van der Waals surface area contributed by atoms with Crippen molar-refractivity contribution in [2.75, 3.05) is 7.11 Å². The van der Waals surface area contributed by atoms with Crippen molar-refractivity contribution in [2.24, 2.45) is 0 Å². The van der Waals surface area contributed by atoms with Gasteiger partial charge in [-0.05, 0) is 88.2 Å². The number of carbonyl (C=O) groups excluding carboxylic acids is 2. The minimum absolute atomic E-state index is 0.0582. The smallest absolute Gasteiger partial charge is 0.339 e. The topological polar surface area (TPSA) is 90.0 Å². The number of ether oxygens (including phenoxy) is 1. The molecule has 1 saturated heterocycles. The van der Waals surface area contributed by atoms with Crippen LogP contribution in [0.5, 0.6) is 11.5 Å².